The molecular formula is C17H23NO3. The molecule has 114 valence electrons. The van der Waals surface area contributed by atoms with Crippen molar-refractivity contribution in [3.63, 3.8) is 0 Å². The van der Waals surface area contributed by atoms with E-state index < -0.39 is 5.97 Å². The van der Waals surface area contributed by atoms with Crippen molar-refractivity contribution in [2.24, 2.45) is 0 Å². The van der Waals surface area contributed by atoms with Gasteiger partial charge in [-0.05, 0) is 48.8 Å². The third-order valence-electron chi connectivity index (χ3n) is 4.08. The summed E-state index contributed by atoms with van der Waals surface area (Å²) >= 11 is 0. The average Bonchev–Trinajstić information content (AvgIpc) is 2.50. The molecule has 0 radical (unpaired) electrons. The van der Waals surface area contributed by atoms with Crippen LogP contribution in [0.2, 0.25) is 0 Å². The van der Waals surface area contributed by atoms with E-state index in [0.29, 0.717) is 0 Å². The number of nitrogens with one attached hydrogen (secondary N) is 1. The van der Waals surface area contributed by atoms with Crippen LogP contribution in [-0.2, 0) is 22.4 Å². The summed E-state index contributed by atoms with van der Waals surface area (Å²) < 4.78 is 0. The average molecular weight is 289 g/mol. The number of carboxylic acid groups (broad SMARTS) is 1. The van der Waals surface area contributed by atoms with Crippen LogP contribution in [0, 0.1) is 0 Å². The third kappa shape index (κ3) is 4.31. The van der Waals surface area contributed by atoms with Crippen molar-refractivity contribution in [1.29, 1.82) is 0 Å². The van der Waals surface area contributed by atoms with Crippen LogP contribution in [0.5, 0.6) is 0 Å². The lowest BCUT2D eigenvalue weighted by Gasteiger charge is -2.21. The highest BCUT2D eigenvalue weighted by atomic mass is 16.4. The first-order chi connectivity index (χ1) is 10.1. The van der Waals surface area contributed by atoms with Crippen LogP contribution in [0.3, 0.4) is 0 Å². The highest BCUT2D eigenvalue weighted by Crippen LogP contribution is 2.26. The first-order valence-corrected chi connectivity index (χ1v) is 7.73. The molecule has 2 N–H and O–H groups in total. The molecular weight excluding hydrogens is 266 g/mol. The van der Waals surface area contributed by atoms with Gasteiger partial charge in [-0.3, -0.25) is 9.59 Å². The number of hydrogen-bond donors (Lipinski definition) is 2. The number of aliphatic carboxylic acids is 1. The predicted molar refractivity (Wildman–Crippen MR) is 81.1 cm³/mol. The van der Waals surface area contributed by atoms with Crippen LogP contribution < -0.4 is 5.32 Å². The SMILES string of the molecule is CC[C@@H](NC(=O)CCC(=O)O)c1ccc2c(c1)CCCC2. The van der Waals surface area contributed by atoms with Gasteiger partial charge < -0.3 is 10.4 Å². The van der Waals surface area contributed by atoms with E-state index in [9.17, 15) is 9.59 Å². The molecule has 0 saturated carbocycles. The van der Waals surface area contributed by atoms with E-state index in [4.69, 9.17) is 5.11 Å². The number of fused-ring (bicyclic) bond motifs is 1. The number of carboxylic acids is 1. The summed E-state index contributed by atoms with van der Waals surface area (Å²) in [5.74, 6) is -1.13. The summed E-state index contributed by atoms with van der Waals surface area (Å²) in [6, 6.07) is 6.45. The summed E-state index contributed by atoms with van der Waals surface area (Å²) in [7, 11) is 0. The standard InChI is InChI=1S/C17H23NO3/c1-2-15(18-16(19)9-10-17(20)21)14-8-7-12-5-3-4-6-13(12)11-14/h7-8,11,15H,2-6,9-10H2,1H3,(H,18,19)(H,20,21)/t15-/m1/s1. The topological polar surface area (TPSA) is 66.4 Å². The minimum Gasteiger partial charge on any atom is -0.481 e. The van der Waals surface area contributed by atoms with E-state index in [0.717, 1.165) is 24.8 Å². The Morgan fingerprint density at radius 1 is 1.19 bits per heavy atom. The van der Waals surface area contributed by atoms with Crippen LogP contribution in [0.4, 0.5) is 0 Å². The molecule has 4 heteroatoms. The van der Waals surface area contributed by atoms with Crippen molar-refractivity contribution in [3.8, 4) is 0 Å². The number of amides is 1. The zero-order chi connectivity index (χ0) is 15.2. The van der Waals surface area contributed by atoms with Crippen molar-refractivity contribution in [2.45, 2.75) is 57.9 Å². The van der Waals surface area contributed by atoms with E-state index in [1.54, 1.807) is 0 Å². The second-order valence-corrected chi connectivity index (χ2v) is 5.66. The van der Waals surface area contributed by atoms with Crippen molar-refractivity contribution < 1.29 is 14.7 Å². The minimum atomic E-state index is -0.938. The number of rotatable bonds is 6. The van der Waals surface area contributed by atoms with Gasteiger partial charge in [0.05, 0.1) is 12.5 Å². The van der Waals surface area contributed by atoms with E-state index in [1.165, 1.54) is 24.0 Å². The maximum absolute atomic E-state index is 11.8. The fraction of sp³-hybridized carbons (Fsp3) is 0.529. The second-order valence-electron chi connectivity index (χ2n) is 5.66. The Kier molecular flexibility index (Phi) is 5.37. The Balaban J connectivity index is 2.03. The molecule has 0 saturated heterocycles. The molecule has 0 heterocycles. The summed E-state index contributed by atoms with van der Waals surface area (Å²) in [4.78, 5) is 22.3. The van der Waals surface area contributed by atoms with Crippen molar-refractivity contribution in [3.05, 3.63) is 34.9 Å². The summed E-state index contributed by atoms with van der Waals surface area (Å²) in [6.07, 6.45) is 5.48. The molecule has 0 aromatic heterocycles. The Bertz CT molecular complexity index is 525. The molecule has 21 heavy (non-hydrogen) atoms. The van der Waals surface area contributed by atoms with Crippen LogP contribution in [-0.4, -0.2) is 17.0 Å². The Morgan fingerprint density at radius 2 is 1.90 bits per heavy atom. The van der Waals surface area contributed by atoms with Crippen LogP contribution in [0.25, 0.3) is 0 Å². The van der Waals surface area contributed by atoms with Crippen molar-refractivity contribution in [2.75, 3.05) is 0 Å². The number of aryl methyl sites for hydroxylation is 2. The van der Waals surface area contributed by atoms with Crippen molar-refractivity contribution >= 4 is 11.9 Å². The Morgan fingerprint density at radius 3 is 2.57 bits per heavy atom. The van der Waals surface area contributed by atoms with Gasteiger partial charge in [0.15, 0.2) is 0 Å². The van der Waals surface area contributed by atoms with E-state index >= 15 is 0 Å². The van der Waals surface area contributed by atoms with Gasteiger partial charge in [-0.15, -0.1) is 0 Å². The lowest BCUT2D eigenvalue weighted by molar-refractivity contribution is -0.138. The quantitative estimate of drug-likeness (QED) is 0.846. The highest BCUT2D eigenvalue weighted by Gasteiger charge is 2.16. The molecule has 1 aliphatic rings. The zero-order valence-electron chi connectivity index (χ0n) is 12.5. The molecule has 2 rings (SSSR count). The first kappa shape index (κ1) is 15.5. The number of benzene rings is 1. The van der Waals surface area contributed by atoms with Gasteiger partial charge in [-0.1, -0.05) is 25.1 Å². The van der Waals surface area contributed by atoms with E-state index in [-0.39, 0.29) is 24.8 Å². The highest BCUT2D eigenvalue weighted by molar-refractivity contribution is 5.80. The van der Waals surface area contributed by atoms with Gasteiger partial charge in [0.1, 0.15) is 0 Å². The summed E-state index contributed by atoms with van der Waals surface area (Å²) in [5.41, 5.74) is 3.95. The molecule has 0 aliphatic heterocycles. The van der Waals surface area contributed by atoms with Gasteiger partial charge in [0.25, 0.3) is 0 Å². The molecule has 0 unspecified atom stereocenters. The third-order valence-corrected chi connectivity index (χ3v) is 4.08. The summed E-state index contributed by atoms with van der Waals surface area (Å²) in [6.45, 7) is 2.03. The lowest BCUT2D eigenvalue weighted by atomic mass is 9.89. The molecule has 1 aromatic carbocycles. The number of carbonyl (C=O) groups is 2. The first-order valence-electron chi connectivity index (χ1n) is 7.73. The van der Waals surface area contributed by atoms with Crippen LogP contribution in [0.1, 0.15) is 61.8 Å². The van der Waals surface area contributed by atoms with Gasteiger partial charge in [-0.2, -0.15) is 0 Å². The molecule has 4 nitrogen and oxygen atoms in total. The van der Waals surface area contributed by atoms with Crippen molar-refractivity contribution in [1.82, 2.24) is 5.32 Å². The van der Waals surface area contributed by atoms with E-state index in [2.05, 4.69) is 23.5 Å². The zero-order valence-corrected chi connectivity index (χ0v) is 12.5. The van der Waals surface area contributed by atoms with Gasteiger partial charge in [0, 0.05) is 6.42 Å². The molecule has 0 spiro atoms. The normalized spacial score (nSPS) is 15.1. The van der Waals surface area contributed by atoms with Gasteiger partial charge in [-0.25, -0.2) is 0 Å². The van der Waals surface area contributed by atoms with Gasteiger partial charge in [0.2, 0.25) is 5.91 Å². The molecule has 1 atom stereocenters. The Hall–Kier alpha value is -1.84. The lowest BCUT2D eigenvalue weighted by Crippen LogP contribution is -2.28. The van der Waals surface area contributed by atoms with Gasteiger partial charge >= 0.3 is 5.97 Å². The Labute approximate surface area is 125 Å². The molecule has 0 fully saturated rings. The van der Waals surface area contributed by atoms with Crippen LogP contribution in [0.15, 0.2) is 18.2 Å². The largest absolute Gasteiger partial charge is 0.481 e. The molecule has 1 amide bonds. The van der Waals surface area contributed by atoms with E-state index in [1.807, 2.05) is 6.92 Å². The summed E-state index contributed by atoms with van der Waals surface area (Å²) in [5, 5.41) is 11.6. The molecule has 1 aromatic rings. The maximum Gasteiger partial charge on any atom is 0.303 e. The number of hydrogen-bond acceptors (Lipinski definition) is 2. The monoisotopic (exact) mass is 289 g/mol. The fourth-order valence-corrected chi connectivity index (χ4v) is 2.88. The molecule has 0 bridgehead atoms. The smallest absolute Gasteiger partial charge is 0.303 e. The number of carbonyl (C=O) groups excluding carboxylic acids is 1. The maximum atomic E-state index is 11.8. The molecule has 1 aliphatic carbocycles. The minimum absolute atomic E-state index is 0.0291. The fourth-order valence-electron chi connectivity index (χ4n) is 2.88. The second kappa shape index (κ2) is 7.25. The predicted octanol–water partition coefficient (Wildman–Crippen LogP) is 3.00. The van der Waals surface area contributed by atoms with Crippen LogP contribution >= 0.6 is 0 Å².